The second-order valence-corrected chi connectivity index (χ2v) is 6.26. The first kappa shape index (κ1) is 14.9. The van der Waals surface area contributed by atoms with Gasteiger partial charge in [-0.3, -0.25) is 4.79 Å². The van der Waals surface area contributed by atoms with Crippen LogP contribution in [0.25, 0.3) is 0 Å². The summed E-state index contributed by atoms with van der Waals surface area (Å²) in [6.07, 6.45) is 2.03. The van der Waals surface area contributed by atoms with Gasteiger partial charge in [0.2, 0.25) is 5.91 Å². The number of nitrogens with zero attached hydrogens (tertiary/aromatic N) is 1. The summed E-state index contributed by atoms with van der Waals surface area (Å²) in [7, 11) is 1.84. The molecule has 106 valence electrons. The van der Waals surface area contributed by atoms with Crippen LogP contribution in [0.1, 0.15) is 4.88 Å². The number of carbonyl (C=O) groups excluding carboxylic acids is 1. The number of thiophene rings is 1. The van der Waals surface area contributed by atoms with Gasteiger partial charge >= 0.3 is 0 Å². The van der Waals surface area contributed by atoms with Gasteiger partial charge in [0.05, 0.1) is 13.1 Å². The maximum absolute atomic E-state index is 12.1. The van der Waals surface area contributed by atoms with Crippen LogP contribution in [0, 0.1) is 0 Å². The number of carbonyl (C=O) groups is 1. The monoisotopic (exact) mass is 306 g/mol. The lowest BCUT2D eigenvalue weighted by Gasteiger charge is -2.17. The first-order valence-corrected chi connectivity index (χ1v) is 8.44. The van der Waals surface area contributed by atoms with Crippen LogP contribution in [0.5, 0.6) is 0 Å². The molecule has 1 aromatic carbocycles. The zero-order valence-corrected chi connectivity index (χ0v) is 13.3. The number of likely N-dealkylation sites (N-methyl/N-ethyl adjacent to an activating group) is 1. The zero-order chi connectivity index (χ0) is 14.4. The van der Waals surface area contributed by atoms with Gasteiger partial charge in [0, 0.05) is 22.5 Å². The van der Waals surface area contributed by atoms with E-state index in [1.807, 2.05) is 55.1 Å². The molecule has 0 unspecified atom stereocenters. The fourth-order valence-corrected chi connectivity index (χ4v) is 3.15. The van der Waals surface area contributed by atoms with Crippen molar-refractivity contribution in [2.45, 2.75) is 11.4 Å². The maximum atomic E-state index is 12.1. The minimum atomic E-state index is 0.0920. The second-order valence-electron chi connectivity index (χ2n) is 4.38. The summed E-state index contributed by atoms with van der Waals surface area (Å²) in [6.45, 7) is 0.988. The normalized spacial score (nSPS) is 10.3. The zero-order valence-electron chi connectivity index (χ0n) is 11.6. The minimum Gasteiger partial charge on any atom is -0.375 e. The van der Waals surface area contributed by atoms with Crippen molar-refractivity contribution in [3.05, 3.63) is 46.7 Å². The molecule has 20 heavy (non-hydrogen) atoms. The third-order valence-electron chi connectivity index (χ3n) is 2.94. The van der Waals surface area contributed by atoms with Crippen molar-refractivity contribution < 1.29 is 4.79 Å². The Bertz CT molecular complexity index is 555. The van der Waals surface area contributed by atoms with E-state index in [1.54, 1.807) is 28.0 Å². The van der Waals surface area contributed by atoms with Crippen LogP contribution in [-0.4, -0.2) is 30.7 Å². The first-order valence-electron chi connectivity index (χ1n) is 6.34. The molecule has 0 aliphatic rings. The number of para-hydroxylation sites is 1. The Balaban J connectivity index is 1.88. The topological polar surface area (TPSA) is 32.3 Å². The minimum absolute atomic E-state index is 0.0920. The summed E-state index contributed by atoms with van der Waals surface area (Å²) >= 11 is 3.35. The average molecular weight is 306 g/mol. The van der Waals surface area contributed by atoms with Crippen LogP contribution >= 0.6 is 23.1 Å². The van der Waals surface area contributed by atoms with E-state index < -0.39 is 0 Å². The first-order chi connectivity index (χ1) is 9.70. The molecule has 0 aliphatic heterocycles. The number of rotatable bonds is 6. The number of thioether (sulfide) groups is 1. The number of hydrogen-bond acceptors (Lipinski definition) is 4. The van der Waals surface area contributed by atoms with Crippen LogP contribution in [0.15, 0.2) is 46.7 Å². The summed E-state index contributed by atoms with van der Waals surface area (Å²) in [4.78, 5) is 16.2. The fourth-order valence-electron chi connectivity index (χ4n) is 1.82. The molecule has 0 saturated heterocycles. The van der Waals surface area contributed by atoms with Crippen molar-refractivity contribution in [1.82, 2.24) is 4.90 Å². The molecule has 2 aromatic rings. The van der Waals surface area contributed by atoms with E-state index in [1.165, 1.54) is 4.88 Å². The van der Waals surface area contributed by atoms with E-state index in [2.05, 4.69) is 5.32 Å². The molecule has 1 N–H and O–H groups in total. The highest BCUT2D eigenvalue weighted by Crippen LogP contribution is 2.24. The lowest BCUT2D eigenvalue weighted by Crippen LogP contribution is -2.31. The quantitative estimate of drug-likeness (QED) is 0.829. The molecular weight excluding hydrogens is 288 g/mol. The third-order valence-corrected chi connectivity index (χ3v) is 4.59. The number of nitrogens with one attached hydrogen (secondary N) is 1. The van der Waals surface area contributed by atoms with Crippen molar-refractivity contribution in [3.8, 4) is 0 Å². The lowest BCUT2D eigenvalue weighted by atomic mass is 10.3. The van der Waals surface area contributed by atoms with Gasteiger partial charge in [0.25, 0.3) is 0 Å². The fraction of sp³-hybridized carbons (Fsp3) is 0.267. The molecule has 1 amide bonds. The second kappa shape index (κ2) is 7.36. The lowest BCUT2D eigenvalue weighted by molar-refractivity contribution is -0.128. The predicted octanol–water partition coefficient (Wildman–Crippen LogP) is 3.54. The highest BCUT2D eigenvalue weighted by molar-refractivity contribution is 7.98. The standard InChI is InChI=1S/C15H18N2OS2/c1-17(11-12-6-5-9-20-12)15(18)10-16-13-7-3-4-8-14(13)19-2/h3-9,16H,10-11H2,1-2H3. The van der Waals surface area contributed by atoms with E-state index in [-0.39, 0.29) is 5.91 Å². The van der Waals surface area contributed by atoms with E-state index in [9.17, 15) is 4.79 Å². The average Bonchev–Trinajstić information content (AvgIpc) is 2.97. The van der Waals surface area contributed by atoms with Crippen molar-refractivity contribution >= 4 is 34.7 Å². The highest BCUT2D eigenvalue weighted by atomic mass is 32.2. The summed E-state index contributed by atoms with van der Waals surface area (Å²) in [5.74, 6) is 0.0920. The molecule has 2 rings (SSSR count). The summed E-state index contributed by atoms with van der Waals surface area (Å²) in [6, 6.07) is 12.1. The summed E-state index contributed by atoms with van der Waals surface area (Å²) in [5, 5.41) is 5.24. The SMILES string of the molecule is CSc1ccccc1NCC(=O)N(C)Cc1cccs1. The van der Waals surface area contributed by atoms with E-state index in [0.717, 1.165) is 10.6 Å². The van der Waals surface area contributed by atoms with Crippen LogP contribution in [0.2, 0.25) is 0 Å². The number of benzene rings is 1. The van der Waals surface area contributed by atoms with Gasteiger partial charge in [-0.25, -0.2) is 0 Å². The predicted molar refractivity (Wildman–Crippen MR) is 87.5 cm³/mol. The molecule has 0 spiro atoms. The molecule has 0 aliphatic carbocycles. The molecule has 0 fully saturated rings. The summed E-state index contributed by atoms with van der Waals surface area (Å²) < 4.78 is 0. The maximum Gasteiger partial charge on any atom is 0.241 e. The summed E-state index contributed by atoms with van der Waals surface area (Å²) in [5.41, 5.74) is 1.01. The van der Waals surface area contributed by atoms with Gasteiger partial charge in [0.15, 0.2) is 0 Å². The molecule has 0 saturated carbocycles. The third kappa shape index (κ3) is 4.02. The Morgan fingerprint density at radius 3 is 2.80 bits per heavy atom. The van der Waals surface area contributed by atoms with Crippen molar-refractivity contribution in [1.29, 1.82) is 0 Å². The van der Waals surface area contributed by atoms with Gasteiger partial charge in [-0.2, -0.15) is 0 Å². The molecule has 3 nitrogen and oxygen atoms in total. The van der Waals surface area contributed by atoms with Crippen LogP contribution in [0.4, 0.5) is 5.69 Å². The molecule has 0 atom stereocenters. The van der Waals surface area contributed by atoms with Crippen LogP contribution < -0.4 is 5.32 Å². The molecule has 5 heteroatoms. The van der Waals surface area contributed by atoms with Crippen LogP contribution in [-0.2, 0) is 11.3 Å². The Labute approximate surface area is 128 Å². The molecule has 1 heterocycles. The van der Waals surface area contributed by atoms with Crippen molar-refractivity contribution in [2.75, 3.05) is 25.2 Å². The van der Waals surface area contributed by atoms with Crippen LogP contribution in [0.3, 0.4) is 0 Å². The van der Waals surface area contributed by atoms with E-state index in [0.29, 0.717) is 13.1 Å². The Hall–Kier alpha value is -1.46. The molecule has 1 aromatic heterocycles. The molecule has 0 bridgehead atoms. The van der Waals surface area contributed by atoms with Gasteiger partial charge in [0.1, 0.15) is 0 Å². The highest BCUT2D eigenvalue weighted by Gasteiger charge is 2.10. The number of hydrogen-bond donors (Lipinski definition) is 1. The molecular formula is C15H18N2OS2. The number of amides is 1. The largest absolute Gasteiger partial charge is 0.375 e. The Morgan fingerprint density at radius 2 is 2.10 bits per heavy atom. The van der Waals surface area contributed by atoms with Gasteiger partial charge < -0.3 is 10.2 Å². The Morgan fingerprint density at radius 1 is 1.30 bits per heavy atom. The van der Waals surface area contributed by atoms with Gasteiger partial charge in [-0.15, -0.1) is 23.1 Å². The van der Waals surface area contributed by atoms with Crippen molar-refractivity contribution in [3.63, 3.8) is 0 Å². The van der Waals surface area contributed by atoms with Gasteiger partial charge in [-0.1, -0.05) is 18.2 Å². The van der Waals surface area contributed by atoms with E-state index in [4.69, 9.17) is 0 Å². The van der Waals surface area contributed by atoms with Gasteiger partial charge in [-0.05, 0) is 29.8 Å². The van der Waals surface area contributed by atoms with E-state index >= 15 is 0 Å². The van der Waals surface area contributed by atoms with Crippen molar-refractivity contribution in [2.24, 2.45) is 0 Å². The molecule has 0 radical (unpaired) electrons. The number of anilines is 1. The Kier molecular flexibility index (Phi) is 5.49. The smallest absolute Gasteiger partial charge is 0.241 e.